The summed E-state index contributed by atoms with van der Waals surface area (Å²) in [5.74, 6) is -0.566. The first-order valence-corrected chi connectivity index (χ1v) is 7.58. The second-order valence-corrected chi connectivity index (χ2v) is 5.87. The molecule has 0 aliphatic carbocycles. The van der Waals surface area contributed by atoms with E-state index in [9.17, 15) is 14.8 Å². The fraction of sp³-hybridized carbons (Fsp3) is 0.312. The summed E-state index contributed by atoms with van der Waals surface area (Å²) in [5.41, 5.74) is 2.19. The van der Waals surface area contributed by atoms with Gasteiger partial charge in [0.2, 0.25) is 0 Å². The van der Waals surface area contributed by atoms with Gasteiger partial charge in [-0.25, -0.2) is 9.59 Å². The van der Waals surface area contributed by atoms with E-state index >= 15 is 0 Å². The van der Waals surface area contributed by atoms with E-state index in [0.29, 0.717) is 22.9 Å². The molecular formula is C16H16N4O4. The molecule has 0 spiro atoms. The third kappa shape index (κ3) is 2.07. The molecule has 3 heterocycles. The van der Waals surface area contributed by atoms with Gasteiger partial charge in [0.25, 0.3) is 0 Å². The van der Waals surface area contributed by atoms with Gasteiger partial charge >= 0.3 is 12.0 Å². The Bertz CT molecular complexity index is 804. The fourth-order valence-electron chi connectivity index (χ4n) is 3.32. The number of fused-ring (bicyclic) bond motifs is 4. The van der Waals surface area contributed by atoms with Gasteiger partial charge in [-0.1, -0.05) is 30.3 Å². The van der Waals surface area contributed by atoms with Crippen LogP contribution in [-0.2, 0) is 16.1 Å². The summed E-state index contributed by atoms with van der Waals surface area (Å²) < 4.78 is 6.54. The molecule has 2 atom stereocenters. The Morgan fingerprint density at radius 3 is 2.83 bits per heavy atom. The highest BCUT2D eigenvalue weighted by Gasteiger charge is 2.52. The largest absolute Gasteiger partial charge is 0.467 e. The molecule has 8 heteroatoms. The number of ether oxygens (including phenoxy) is 1. The first-order chi connectivity index (χ1) is 11.6. The predicted octanol–water partition coefficient (Wildman–Crippen LogP) is 1.33. The fourth-order valence-corrected chi connectivity index (χ4v) is 3.32. The Morgan fingerprint density at radius 1 is 1.38 bits per heavy atom. The van der Waals surface area contributed by atoms with Crippen LogP contribution >= 0.6 is 0 Å². The van der Waals surface area contributed by atoms with Gasteiger partial charge in [-0.3, -0.25) is 9.89 Å². The minimum absolute atomic E-state index is 0.235. The summed E-state index contributed by atoms with van der Waals surface area (Å²) in [6, 6.07) is 7.73. The molecule has 8 nitrogen and oxygen atoms in total. The van der Waals surface area contributed by atoms with Gasteiger partial charge in [-0.2, -0.15) is 10.2 Å². The minimum atomic E-state index is -0.928. The minimum Gasteiger partial charge on any atom is -0.467 e. The molecule has 1 saturated heterocycles. The van der Waals surface area contributed by atoms with Crippen molar-refractivity contribution < 1.29 is 19.5 Å². The first-order valence-electron chi connectivity index (χ1n) is 7.58. The molecule has 1 aromatic carbocycles. The maximum absolute atomic E-state index is 12.2. The van der Waals surface area contributed by atoms with Gasteiger partial charge in [0.05, 0.1) is 20.2 Å². The lowest BCUT2D eigenvalue weighted by Gasteiger charge is -2.27. The van der Waals surface area contributed by atoms with Crippen molar-refractivity contribution in [1.82, 2.24) is 19.7 Å². The number of hydroxylamine groups is 2. The Morgan fingerprint density at radius 2 is 2.12 bits per heavy atom. The van der Waals surface area contributed by atoms with E-state index in [1.54, 1.807) is 10.9 Å². The predicted molar refractivity (Wildman–Crippen MR) is 81.0 cm³/mol. The van der Waals surface area contributed by atoms with Gasteiger partial charge < -0.3 is 9.64 Å². The van der Waals surface area contributed by atoms with Crippen LogP contribution < -0.4 is 0 Å². The average Bonchev–Trinajstić information content (AvgIpc) is 3.12. The monoisotopic (exact) mass is 328 g/mol. The lowest BCUT2D eigenvalue weighted by Crippen LogP contribution is -2.39. The molecule has 2 aliphatic rings. The topological polar surface area (TPSA) is 87.9 Å². The Labute approximate surface area is 137 Å². The third-order valence-corrected chi connectivity index (χ3v) is 4.47. The quantitative estimate of drug-likeness (QED) is 0.678. The molecule has 2 amide bonds. The van der Waals surface area contributed by atoms with Crippen molar-refractivity contribution in [2.45, 2.75) is 18.6 Å². The second kappa shape index (κ2) is 5.34. The van der Waals surface area contributed by atoms with Crippen molar-refractivity contribution in [2.75, 3.05) is 13.7 Å². The standard InChI is InChI=1S/C16H16N4O4/c1-24-15(21)14-13-11(12-9-19(14)16(22)20(12)23)8-18(17-13)7-10-5-3-2-4-6-10/h2-6,8,12,14,23H,7,9H2,1H3/t12-,14?/m1/s1. The van der Waals surface area contributed by atoms with E-state index < -0.39 is 24.1 Å². The molecular weight excluding hydrogens is 312 g/mol. The van der Waals surface area contributed by atoms with Crippen LogP contribution in [0.15, 0.2) is 36.5 Å². The number of amides is 2. The number of rotatable bonds is 3. The Hall–Kier alpha value is -2.87. The second-order valence-electron chi connectivity index (χ2n) is 5.87. The van der Waals surface area contributed by atoms with Crippen molar-refractivity contribution in [3.8, 4) is 0 Å². The third-order valence-electron chi connectivity index (χ3n) is 4.47. The number of aromatic nitrogens is 2. The van der Waals surface area contributed by atoms with Gasteiger partial charge in [-0.05, 0) is 5.56 Å². The molecule has 2 aliphatic heterocycles. The van der Waals surface area contributed by atoms with Crippen LogP contribution in [0.3, 0.4) is 0 Å². The highest BCUT2D eigenvalue weighted by molar-refractivity contribution is 5.87. The molecule has 0 radical (unpaired) electrons. The van der Waals surface area contributed by atoms with Gasteiger partial charge in [-0.15, -0.1) is 0 Å². The number of carbonyl (C=O) groups is 2. The van der Waals surface area contributed by atoms with Crippen LogP contribution in [0.25, 0.3) is 0 Å². The summed E-state index contributed by atoms with van der Waals surface area (Å²) in [6.45, 7) is 0.771. The van der Waals surface area contributed by atoms with Crippen molar-refractivity contribution in [1.29, 1.82) is 0 Å². The zero-order chi connectivity index (χ0) is 16.8. The molecule has 2 aromatic rings. The van der Waals surface area contributed by atoms with Crippen LogP contribution in [0.4, 0.5) is 4.79 Å². The zero-order valence-corrected chi connectivity index (χ0v) is 13.0. The van der Waals surface area contributed by atoms with Gasteiger partial charge in [0.1, 0.15) is 11.7 Å². The van der Waals surface area contributed by atoms with E-state index in [1.807, 2.05) is 30.3 Å². The lowest BCUT2D eigenvalue weighted by atomic mass is 9.98. The Kier molecular flexibility index (Phi) is 3.27. The molecule has 1 unspecified atom stereocenters. The van der Waals surface area contributed by atoms with Crippen molar-refractivity contribution >= 4 is 12.0 Å². The molecule has 1 fully saturated rings. The highest BCUT2D eigenvalue weighted by atomic mass is 16.5. The highest BCUT2D eigenvalue weighted by Crippen LogP contribution is 2.42. The number of esters is 1. The zero-order valence-electron chi connectivity index (χ0n) is 13.0. The smallest absolute Gasteiger partial charge is 0.345 e. The van der Waals surface area contributed by atoms with Crippen LogP contribution in [0.5, 0.6) is 0 Å². The van der Waals surface area contributed by atoms with E-state index in [4.69, 9.17) is 4.74 Å². The maximum atomic E-state index is 12.2. The van der Waals surface area contributed by atoms with E-state index in [-0.39, 0.29) is 6.54 Å². The number of hydrogen-bond donors (Lipinski definition) is 1. The molecule has 4 rings (SSSR count). The summed E-state index contributed by atoms with van der Waals surface area (Å²) in [7, 11) is 1.27. The van der Waals surface area contributed by atoms with Gasteiger partial charge in [0, 0.05) is 11.8 Å². The number of hydrogen-bond acceptors (Lipinski definition) is 5. The molecule has 124 valence electrons. The van der Waals surface area contributed by atoms with Crippen molar-refractivity contribution in [2.24, 2.45) is 0 Å². The van der Waals surface area contributed by atoms with E-state index in [1.165, 1.54) is 12.0 Å². The molecule has 24 heavy (non-hydrogen) atoms. The van der Waals surface area contributed by atoms with Crippen LogP contribution in [0.1, 0.15) is 28.9 Å². The van der Waals surface area contributed by atoms with Crippen LogP contribution in [-0.4, -0.2) is 50.6 Å². The number of carbonyl (C=O) groups excluding carboxylic acids is 2. The summed E-state index contributed by atoms with van der Waals surface area (Å²) in [6.07, 6.45) is 1.78. The van der Waals surface area contributed by atoms with E-state index in [0.717, 1.165) is 5.56 Å². The van der Waals surface area contributed by atoms with Crippen molar-refractivity contribution in [3.05, 3.63) is 53.3 Å². The van der Waals surface area contributed by atoms with Crippen LogP contribution in [0.2, 0.25) is 0 Å². The SMILES string of the molecule is COC(=O)C1c2nn(Cc3ccccc3)cc2[C@H]2CN1C(=O)N2O. The molecule has 0 saturated carbocycles. The molecule has 1 aromatic heterocycles. The lowest BCUT2D eigenvalue weighted by molar-refractivity contribution is -0.146. The number of benzene rings is 1. The molecule has 2 bridgehead atoms. The number of urea groups is 1. The van der Waals surface area contributed by atoms with Gasteiger partial charge in [0.15, 0.2) is 6.04 Å². The number of nitrogens with zero attached hydrogens (tertiary/aromatic N) is 4. The summed E-state index contributed by atoms with van der Waals surface area (Å²) in [4.78, 5) is 25.6. The maximum Gasteiger partial charge on any atom is 0.345 e. The molecule has 1 N–H and O–H groups in total. The summed E-state index contributed by atoms with van der Waals surface area (Å²) >= 11 is 0. The normalized spacial score (nSPS) is 21.8. The number of methoxy groups -OCH3 is 1. The van der Waals surface area contributed by atoms with E-state index in [2.05, 4.69) is 5.10 Å². The first kappa shape index (κ1) is 14.7. The average molecular weight is 328 g/mol. The van der Waals surface area contributed by atoms with Crippen molar-refractivity contribution in [3.63, 3.8) is 0 Å². The van der Waals surface area contributed by atoms with Crippen LogP contribution in [0, 0.1) is 0 Å². The Balaban J connectivity index is 1.74. The summed E-state index contributed by atoms with van der Waals surface area (Å²) in [5, 5.41) is 15.2.